The normalized spacial score (nSPS) is 10.3. The Morgan fingerprint density at radius 2 is 1.80 bits per heavy atom. The van der Waals surface area contributed by atoms with E-state index in [1.165, 1.54) is 19.1 Å². The van der Waals surface area contributed by atoms with Crippen LogP contribution in [0.25, 0.3) is 0 Å². The Morgan fingerprint density at radius 1 is 1.27 bits per heavy atom. The standard InChI is InChI=1S/C9H10O4S.Li.H/c1-7(10)13-8-5-3-4-6-9(8)14(2,11)12;;/h3-6H,1-2H3;;. The van der Waals surface area contributed by atoms with Gasteiger partial charge in [-0.2, -0.15) is 0 Å². The fraction of sp³-hybridized carbons (Fsp3) is 0.222. The predicted octanol–water partition coefficient (Wildman–Crippen LogP) is 0.367. The summed E-state index contributed by atoms with van der Waals surface area (Å²) in [6.07, 6.45) is 1.06. The molecule has 1 aromatic carbocycles. The van der Waals surface area contributed by atoms with Gasteiger partial charge in [0.05, 0.1) is 0 Å². The fourth-order valence-corrected chi connectivity index (χ4v) is 1.80. The topological polar surface area (TPSA) is 60.4 Å². The van der Waals surface area contributed by atoms with Crippen LogP contribution >= 0.6 is 0 Å². The van der Waals surface area contributed by atoms with Crippen molar-refractivity contribution >= 4 is 34.7 Å². The maximum atomic E-state index is 11.2. The summed E-state index contributed by atoms with van der Waals surface area (Å²) in [5.74, 6) is -0.469. The Labute approximate surface area is 101 Å². The first-order valence-electron chi connectivity index (χ1n) is 3.89. The second-order valence-electron chi connectivity index (χ2n) is 2.81. The van der Waals surface area contributed by atoms with Gasteiger partial charge < -0.3 is 4.74 Å². The van der Waals surface area contributed by atoms with Gasteiger partial charge in [0.15, 0.2) is 9.84 Å². The number of carbonyl (C=O) groups is 1. The molecule has 78 valence electrons. The summed E-state index contributed by atoms with van der Waals surface area (Å²) in [7, 11) is -3.36. The van der Waals surface area contributed by atoms with E-state index in [0.717, 1.165) is 6.26 Å². The van der Waals surface area contributed by atoms with E-state index in [9.17, 15) is 13.2 Å². The third-order valence-electron chi connectivity index (χ3n) is 1.50. The Hall–Kier alpha value is -0.763. The number of sulfone groups is 1. The molecule has 0 heterocycles. The summed E-state index contributed by atoms with van der Waals surface area (Å²) >= 11 is 0. The minimum absolute atomic E-state index is 0. The van der Waals surface area contributed by atoms with Crippen LogP contribution in [0.5, 0.6) is 5.75 Å². The fourth-order valence-electron chi connectivity index (χ4n) is 0.996. The molecule has 0 aliphatic heterocycles. The van der Waals surface area contributed by atoms with Crippen LogP contribution in [0, 0.1) is 0 Å². The zero-order valence-corrected chi connectivity index (χ0v) is 8.67. The Morgan fingerprint density at radius 3 is 2.27 bits per heavy atom. The van der Waals surface area contributed by atoms with E-state index >= 15 is 0 Å². The molecule has 6 heteroatoms. The quantitative estimate of drug-likeness (QED) is 0.412. The van der Waals surface area contributed by atoms with Crippen molar-refractivity contribution < 1.29 is 17.9 Å². The molecule has 0 bridgehead atoms. The molecule has 0 radical (unpaired) electrons. The first-order valence-corrected chi connectivity index (χ1v) is 5.78. The van der Waals surface area contributed by atoms with Crippen molar-refractivity contribution in [2.75, 3.05) is 6.26 Å². The number of hydrogen-bond acceptors (Lipinski definition) is 4. The van der Waals surface area contributed by atoms with Crippen molar-refractivity contribution in [1.29, 1.82) is 0 Å². The zero-order chi connectivity index (χ0) is 10.8. The molecule has 0 saturated carbocycles. The van der Waals surface area contributed by atoms with Gasteiger partial charge in [-0.15, -0.1) is 0 Å². The first kappa shape index (κ1) is 14.2. The van der Waals surface area contributed by atoms with Crippen molar-refractivity contribution in [3.05, 3.63) is 24.3 Å². The molecular formula is C9H11LiO4S. The van der Waals surface area contributed by atoms with Crippen molar-refractivity contribution in [2.24, 2.45) is 0 Å². The van der Waals surface area contributed by atoms with Crippen LogP contribution in [0.15, 0.2) is 29.2 Å². The molecule has 0 unspecified atom stereocenters. The van der Waals surface area contributed by atoms with Gasteiger partial charge in [0.2, 0.25) is 0 Å². The van der Waals surface area contributed by atoms with E-state index in [0.29, 0.717) is 0 Å². The molecule has 15 heavy (non-hydrogen) atoms. The van der Waals surface area contributed by atoms with Crippen molar-refractivity contribution in [1.82, 2.24) is 0 Å². The van der Waals surface area contributed by atoms with E-state index in [2.05, 4.69) is 0 Å². The second-order valence-corrected chi connectivity index (χ2v) is 4.80. The Kier molecular flexibility index (Phi) is 5.08. The van der Waals surface area contributed by atoms with Crippen LogP contribution in [-0.4, -0.2) is 39.5 Å². The van der Waals surface area contributed by atoms with Gasteiger partial charge in [0.25, 0.3) is 0 Å². The van der Waals surface area contributed by atoms with Gasteiger partial charge >= 0.3 is 24.8 Å². The molecule has 0 spiro atoms. The molecule has 0 saturated heterocycles. The van der Waals surface area contributed by atoms with E-state index in [-0.39, 0.29) is 29.5 Å². The van der Waals surface area contributed by atoms with Crippen LogP contribution in [0.2, 0.25) is 0 Å². The molecule has 4 nitrogen and oxygen atoms in total. The van der Waals surface area contributed by atoms with Gasteiger partial charge in [-0.25, -0.2) is 8.42 Å². The number of para-hydroxylation sites is 1. The average molecular weight is 222 g/mol. The van der Waals surface area contributed by atoms with E-state index in [1.807, 2.05) is 0 Å². The molecule has 0 aromatic heterocycles. The third-order valence-corrected chi connectivity index (χ3v) is 2.64. The third kappa shape index (κ3) is 4.08. The second kappa shape index (κ2) is 5.36. The van der Waals surface area contributed by atoms with Crippen LogP contribution in [0.3, 0.4) is 0 Å². The molecule has 0 aliphatic rings. The van der Waals surface area contributed by atoms with Crippen LogP contribution in [-0.2, 0) is 14.6 Å². The van der Waals surface area contributed by atoms with E-state index in [4.69, 9.17) is 4.74 Å². The zero-order valence-electron chi connectivity index (χ0n) is 7.85. The summed E-state index contributed by atoms with van der Waals surface area (Å²) in [6.45, 7) is 1.22. The van der Waals surface area contributed by atoms with Gasteiger partial charge in [-0.3, -0.25) is 4.79 Å². The Balaban J connectivity index is 0.00000196. The summed E-state index contributed by atoms with van der Waals surface area (Å²) in [5, 5.41) is 0. The summed E-state index contributed by atoms with van der Waals surface area (Å²) in [4.78, 5) is 10.7. The molecule has 0 aliphatic carbocycles. The Bertz CT molecular complexity index is 453. The number of carbonyl (C=O) groups excluding carboxylic acids is 1. The number of ether oxygens (including phenoxy) is 1. The summed E-state index contributed by atoms with van der Waals surface area (Å²) in [6, 6.07) is 6.02. The number of esters is 1. The molecule has 0 amide bonds. The van der Waals surface area contributed by atoms with E-state index in [1.54, 1.807) is 12.1 Å². The maximum absolute atomic E-state index is 11.2. The number of hydrogen-bond donors (Lipinski definition) is 0. The summed E-state index contributed by atoms with van der Waals surface area (Å²) in [5.41, 5.74) is 0. The van der Waals surface area contributed by atoms with Crippen LogP contribution in [0.1, 0.15) is 6.92 Å². The van der Waals surface area contributed by atoms with Gasteiger partial charge in [-0.1, -0.05) is 12.1 Å². The SMILES string of the molecule is CC(=O)Oc1ccccc1S(C)(=O)=O.[LiH]. The van der Waals surface area contributed by atoms with Crippen LogP contribution < -0.4 is 4.74 Å². The molecule has 0 fully saturated rings. The average Bonchev–Trinajstić information content (AvgIpc) is 2.01. The van der Waals surface area contributed by atoms with Gasteiger partial charge in [0, 0.05) is 13.2 Å². The predicted molar refractivity (Wildman–Crippen MR) is 58.0 cm³/mol. The first-order chi connectivity index (χ1) is 6.41. The molecule has 0 N–H and O–H groups in total. The molecule has 0 atom stereocenters. The molecule has 1 aromatic rings. The molecular weight excluding hydrogens is 211 g/mol. The minimum atomic E-state index is -3.36. The molecule has 1 rings (SSSR count). The van der Waals surface area contributed by atoms with Crippen LogP contribution in [0.4, 0.5) is 0 Å². The van der Waals surface area contributed by atoms with Gasteiger partial charge in [0.1, 0.15) is 10.6 Å². The monoisotopic (exact) mass is 222 g/mol. The summed E-state index contributed by atoms with van der Waals surface area (Å²) < 4.78 is 27.2. The number of rotatable bonds is 2. The van der Waals surface area contributed by atoms with Crippen molar-refractivity contribution in [3.8, 4) is 5.75 Å². The van der Waals surface area contributed by atoms with Crippen molar-refractivity contribution in [2.45, 2.75) is 11.8 Å². The number of benzene rings is 1. The van der Waals surface area contributed by atoms with E-state index < -0.39 is 15.8 Å². The van der Waals surface area contributed by atoms with Gasteiger partial charge in [-0.05, 0) is 12.1 Å². The van der Waals surface area contributed by atoms with Crippen molar-refractivity contribution in [3.63, 3.8) is 0 Å².